The Morgan fingerprint density at radius 2 is 2.28 bits per heavy atom. The van der Waals surface area contributed by atoms with Crippen molar-refractivity contribution in [2.45, 2.75) is 37.0 Å². The van der Waals surface area contributed by atoms with Crippen molar-refractivity contribution in [1.82, 2.24) is 9.97 Å². The van der Waals surface area contributed by atoms with Crippen LogP contribution >= 0.6 is 11.8 Å². The summed E-state index contributed by atoms with van der Waals surface area (Å²) in [6, 6.07) is 0.444. The van der Waals surface area contributed by atoms with Crippen LogP contribution in [0.2, 0.25) is 0 Å². The van der Waals surface area contributed by atoms with Gasteiger partial charge < -0.3 is 15.8 Å². The minimum Gasteiger partial charge on any atom is -0.490 e. The Labute approximate surface area is 112 Å². The molecule has 18 heavy (non-hydrogen) atoms. The van der Waals surface area contributed by atoms with Gasteiger partial charge in [-0.1, -0.05) is 6.42 Å². The third kappa shape index (κ3) is 2.98. The first-order valence-electron chi connectivity index (χ1n) is 6.18. The standard InChI is InChI=1S/C12H20N4OS/c1-17-10-11(13)14-7-15-12(10)16-8-4-3-5-9(6-8)18-2/h7-9H,3-6H2,1-2H3,(H3,13,14,15,16). The topological polar surface area (TPSA) is 73.1 Å². The molecule has 0 saturated heterocycles. The predicted molar refractivity (Wildman–Crippen MR) is 76.2 cm³/mol. The molecule has 0 spiro atoms. The molecule has 1 saturated carbocycles. The maximum Gasteiger partial charge on any atom is 0.203 e. The van der Waals surface area contributed by atoms with Crippen LogP contribution in [-0.2, 0) is 0 Å². The lowest BCUT2D eigenvalue weighted by Gasteiger charge is -2.29. The number of nitrogens with one attached hydrogen (secondary N) is 1. The van der Waals surface area contributed by atoms with Gasteiger partial charge >= 0.3 is 0 Å². The lowest BCUT2D eigenvalue weighted by molar-refractivity contribution is 0.412. The van der Waals surface area contributed by atoms with Gasteiger partial charge in [0.05, 0.1) is 7.11 Å². The number of nitrogen functional groups attached to an aromatic ring is 1. The molecule has 1 fully saturated rings. The van der Waals surface area contributed by atoms with Crippen LogP contribution in [0.3, 0.4) is 0 Å². The molecular formula is C12H20N4OS. The summed E-state index contributed by atoms with van der Waals surface area (Å²) >= 11 is 1.94. The Balaban J connectivity index is 2.07. The second kappa shape index (κ2) is 6.13. The van der Waals surface area contributed by atoms with E-state index in [2.05, 4.69) is 21.5 Å². The fourth-order valence-corrected chi connectivity index (χ4v) is 3.20. The third-order valence-electron chi connectivity index (χ3n) is 3.34. The largest absolute Gasteiger partial charge is 0.490 e. The van der Waals surface area contributed by atoms with Gasteiger partial charge in [-0.25, -0.2) is 9.97 Å². The summed E-state index contributed by atoms with van der Waals surface area (Å²) < 4.78 is 5.25. The van der Waals surface area contributed by atoms with Gasteiger partial charge in [-0.05, 0) is 25.5 Å². The second-order valence-electron chi connectivity index (χ2n) is 4.51. The van der Waals surface area contributed by atoms with Crippen LogP contribution in [-0.4, -0.2) is 34.6 Å². The summed E-state index contributed by atoms with van der Waals surface area (Å²) in [5.74, 6) is 1.63. The average molecular weight is 268 g/mol. The first-order chi connectivity index (χ1) is 8.74. The van der Waals surface area contributed by atoms with E-state index < -0.39 is 0 Å². The van der Waals surface area contributed by atoms with Crippen LogP contribution < -0.4 is 15.8 Å². The second-order valence-corrected chi connectivity index (χ2v) is 5.64. The SMILES string of the molecule is COc1c(N)ncnc1NC1CCCC(SC)C1. The van der Waals surface area contributed by atoms with Crippen molar-refractivity contribution in [2.24, 2.45) is 0 Å². The average Bonchev–Trinajstić information content (AvgIpc) is 2.39. The van der Waals surface area contributed by atoms with Crippen molar-refractivity contribution in [3.8, 4) is 5.75 Å². The molecule has 0 amide bonds. The van der Waals surface area contributed by atoms with E-state index in [0.29, 0.717) is 23.4 Å². The molecule has 0 aromatic carbocycles. The molecular weight excluding hydrogens is 248 g/mol. The number of rotatable bonds is 4. The van der Waals surface area contributed by atoms with E-state index in [9.17, 15) is 0 Å². The number of ether oxygens (including phenoxy) is 1. The van der Waals surface area contributed by atoms with Gasteiger partial charge in [-0.2, -0.15) is 11.8 Å². The third-order valence-corrected chi connectivity index (χ3v) is 4.43. The number of aromatic nitrogens is 2. The summed E-state index contributed by atoms with van der Waals surface area (Å²) in [5.41, 5.74) is 5.77. The molecule has 6 heteroatoms. The predicted octanol–water partition coefficient (Wildman–Crippen LogP) is 2.15. The molecule has 0 aliphatic heterocycles. The molecule has 2 atom stereocenters. The van der Waals surface area contributed by atoms with Gasteiger partial charge in [0.25, 0.3) is 0 Å². The highest BCUT2D eigenvalue weighted by Gasteiger charge is 2.22. The van der Waals surface area contributed by atoms with Crippen LogP contribution in [0.5, 0.6) is 5.75 Å². The number of nitrogens with zero attached hydrogens (tertiary/aromatic N) is 2. The van der Waals surface area contributed by atoms with Gasteiger partial charge in [0.15, 0.2) is 11.6 Å². The number of hydrogen-bond acceptors (Lipinski definition) is 6. The zero-order valence-electron chi connectivity index (χ0n) is 10.8. The molecule has 5 nitrogen and oxygen atoms in total. The molecule has 1 aliphatic carbocycles. The van der Waals surface area contributed by atoms with Gasteiger partial charge in [0, 0.05) is 11.3 Å². The first kappa shape index (κ1) is 13.3. The Morgan fingerprint density at radius 1 is 1.44 bits per heavy atom. The van der Waals surface area contributed by atoms with Gasteiger partial charge in [-0.15, -0.1) is 0 Å². The molecule has 2 unspecified atom stereocenters. The molecule has 1 aromatic rings. The van der Waals surface area contributed by atoms with Crippen LogP contribution in [0.25, 0.3) is 0 Å². The van der Waals surface area contributed by atoms with Crippen molar-refractivity contribution in [3.05, 3.63) is 6.33 Å². The highest BCUT2D eigenvalue weighted by Crippen LogP contribution is 2.32. The number of nitrogens with two attached hydrogens (primary N) is 1. The number of thioether (sulfide) groups is 1. The quantitative estimate of drug-likeness (QED) is 0.871. The summed E-state index contributed by atoms with van der Waals surface area (Å²) in [6.45, 7) is 0. The highest BCUT2D eigenvalue weighted by molar-refractivity contribution is 7.99. The lowest BCUT2D eigenvalue weighted by atomic mass is 9.95. The molecule has 1 aliphatic rings. The Hall–Kier alpha value is -1.17. The van der Waals surface area contributed by atoms with Crippen LogP contribution in [0.15, 0.2) is 6.33 Å². The summed E-state index contributed by atoms with van der Waals surface area (Å²) in [4.78, 5) is 8.15. The van der Waals surface area contributed by atoms with E-state index >= 15 is 0 Å². The number of anilines is 2. The van der Waals surface area contributed by atoms with Crippen LogP contribution in [0, 0.1) is 0 Å². The van der Waals surface area contributed by atoms with Crippen molar-refractivity contribution in [2.75, 3.05) is 24.4 Å². The highest BCUT2D eigenvalue weighted by atomic mass is 32.2. The van der Waals surface area contributed by atoms with Gasteiger partial charge in [-0.3, -0.25) is 0 Å². The molecule has 3 N–H and O–H groups in total. The smallest absolute Gasteiger partial charge is 0.203 e. The zero-order valence-corrected chi connectivity index (χ0v) is 11.7. The Kier molecular flexibility index (Phi) is 4.52. The maximum atomic E-state index is 5.77. The molecule has 100 valence electrons. The summed E-state index contributed by atoms with van der Waals surface area (Å²) in [7, 11) is 1.59. The van der Waals surface area contributed by atoms with E-state index in [-0.39, 0.29) is 0 Å². The first-order valence-corrected chi connectivity index (χ1v) is 7.47. The number of methoxy groups -OCH3 is 1. The van der Waals surface area contributed by atoms with Crippen LogP contribution in [0.4, 0.5) is 11.6 Å². The fourth-order valence-electron chi connectivity index (χ4n) is 2.37. The monoisotopic (exact) mass is 268 g/mol. The lowest BCUT2D eigenvalue weighted by Crippen LogP contribution is -2.29. The molecule has 2 rings (SSSR count). The summed E-state index contributed by atoms with van der Waals surface area (Å²) in [5, 5.41) is 4.17. The van der Waals surface area contributed by atoms with E-state index in [1.54, 1.807) is 7.11 Å². The van der Waals surface area contributed by atoms with Crippen LogP contribution in [0.1, 0.15) is 25.7 Å². The molecule has 1 heterocycles. The van der Waals surface area contributed by atoms with E-state index in [1.165, 1.54) is 25.6 Å². The Morgan fingerprint density at radius 3 is 3.00 bits per heavy atom. The fraction of sp³-hybridized carbons (Fsp3) is 0.667. The van der Waals surface area contributed by atoms with E-state index in [0.717, 1.165) is 11.7 Å². The Bertz CT molecular complexity index is 402. The van der Waals surface area contributed by atoms with Crippen molar-refractivity contribution in [3.63, 3.8) is 0 Å². The molecule has 0 radical (unpaired) electrons. The van der Waals surface area contributed by atoms with Crippen molar-refractivity contribution >= 4 is 23.4 Å². The maximum absolute atomic E-state index is 5.77. The van der Waals surface area contributed by atoms with Gasteiger partial charge in [0.2, 0.25) is 5.75 Å². The minimum absolute atomic E-state index is 0.382. The van der Waals surface area contributed by atoms with Crippen molar-refractivity contribution in [1.29, 1.82) is 0 Å². The van der Waals surface area contributed by atoms with E-state index in [4.69, 9.17) is 10.5 Å². The molecule has 0 bridgehead atoms. The van der Waals surface area contributed by atoms with E-state index in [1.807, 2.05) is 11.8 Å². The molecule has 1 aromatic heterocycles. The minimum atomic E-state index is 0.382. The zero-order chi connectivity index (χ0) is 13.0. The summed E-state index contributed by atoms with van der Waals surface area (Å²) in [6.07, 6.45) is 8.54. The normalized spacial score (nSPS) is 23.7. The van der Waals surface area contributed by atoms with Gasteiger partial charge in [0.1, 0.15) is 6.33 Å². The number of hydrogen-bond donors (Lipinski definition) is 2. The van der Waals surface area contributed by atoms with Crippen molar-refractivity contribution < 1.29 is 4.74 Å².